The molecule has 0 spiro atoms. The molecule has 2 N–H and O–H groups in total. The van der Waals surface area contributed by atoms with Crippen molar-refractivity contribution in [2.24, 2.45) is 0 Å². The second-order valence-corrected chi connectivity index (χ2v) is 8.77. The number of ether oxygens (including phenoxy) is 2. The molecule has 26 heavy (non-hydrogen) atoms. The van der Waals surface area contributed by atoms with Crippen LogP contribution < -0.4 is 0 Å². The molecule has 0 aromatic rings. The SMILES string of the molecule is CC(C)(C)OC(=O)N(C(=O)OC(C)(C)C)[C@]1(C=O)C[C@@]1(F)COP(O)O. The molecular formula is C15H25FNO8P. The molecule has 1 saturated carbocycles. The molecule has 1 aliphatic rings. The van der Waals surface area contributed by atoms with Gasteiger partial charge < -0.3 is 28.6 Å². The third-order valence-corrected chi connectivity index (χ3v) is 3.72. The lowest BCUT2D eigenvalue weighted by Gasteiger charge is -2.32. The van der Waals surface area contributed by atoms with Crippen molar-refractivity contribution in [2.45, 2.75) is 70.4 Å². The van der Waals surface area contributed by atoms with Crippen molar-refractivity contribution < 1.29 is 42.6 Å². The maximum absolute atomic E-state index is 15.0. The van der Waals surface area contributed by atoms with Crippen LogP contribution in [0.3, 0.4) is 0 Å². The maximum Gasteiger partial charge on any atom is 0.420 e. The highest BCUT2D eigenvalue weighted by Crippen LogP contribution is 2.56. The fourth-order valence-corrected chi connectivity index (χ4v) is 2.53. The van der Waals surface area contributed by atoms with E-state index in [2.05, 4.69) is 4.52 Å². The van der Waals surface area contributed by atoms with Crippen LogP contribution in [0.5, 0.6) is 0 Å². The zero-order chi connectivity index (χ0) is 20.6. The van der Waals surface area contributed by atoms with Crippen LogP contribution >= 0.6 is 8.60 Å². The van der Waals surface area contributed by atoms with Gasteiger partial charge in [0.25, 0.3) is 0 Å². The number of nitrogens with zero attached hydrogens (tertiary/aromatic N) is 1. The molecular weight excluding hydrogens is 372 g/mol. The van der Waals surface area contributed by atoms with E-state index >= 15 is 0 Å². The lowest BCUT2D eigenvalue weighted by Crippen LogP contribution is -2.54. The first kappa shape index (κ1) is 22.7. The Balaban J connectivity index is 3.20. The first-order valence-corrected chi connectivity index (χ1v) is 8.96. The maximum atomic E-state index is 15.0. The van der Waals surface area contributed by atoms with Crippen molar-refractivity contribution >= 4 is 27.1 Å². The number of imide groups is 1. The Hall–Kier alpha value is -1.35. The topological polar surface area (TPSA) is 123 Å². The van der Waals surface area contributed by atoms with E-state index < -0.39 is 56.2 Å². The summed E-state index contributed by atoms with van der Waals surface area (Å²) < 4.78 is 29.7. The van der Waals surface area contributed by atoms with Gasteiger partial charge in [0.15, 0.2) is 11.2 Å². The van der Waals surface area contributed by atoms with E-state index in [1.807, 2.05) is 0 Å². The van der Waals surface area contributed by atoms with Gasteiger partial charge in [-0.15, -0.1) is 0 Å². The number of carbonyl (C=O) groups excluding carboxylic acids is 3. The summed E-state index contributed by atoms with van der Waals surface area (Å²) in [6.07, 6.45) is -2.99. The standard InChI is InChI=1S/C15H25FNO8P/c1-12(2,3)24-10(19)17(11(20)25-13(4,5)6)15(8-18)7-14(15,16)9-23-26(21)22/h8,21-22H,7,9H2,1-6H3/t14-,15+/m1/s1. The molecule has 2 atom stereocenters. The summed E-state index contributed by atoms with van der Waals surface area (Å²) in [5.74, 6) is 0. The number of amides is 2. The number of alkyl halides is 1. The molecule has 2 amide bonds. The summed E-state index contributed by atoms with van der Waals surface area (Å²) >= 11 is 0. The molecule has 1 fully saturated rings. The van der Waals surface area contributed by atoms with E-state index in [1.165, 1.54) is 41.5 Å². The molecule has 0 saturated heterocycles. The van der Waals surface area contributed by atoms with E-state index in [0.717, 1.165) is 0 Å². The molecule has 0 unspecified atom stereocenters. The van der Waals surface area contributed by atoms with E-state index in [4.69, 9.17) is 19.3 Å². The van der Waals surface area contributed by atoms with Crippen LogP contribution in [0.1, 0.15) is 48.0 Å². The van der Waals surface area contributed by atoms with Crippen molar-refractivity contribution in [3.05, 3.63) is 0 Å². The summed E-state index contributed by atoms with van der Waals surface area (Å²) in [5.41, 5.74) is -6.75. The molecule has 9 nitrogen and oxygen atoms in total. The van der Waals surface area contributed by atoms with Crippen LogP contribution in [-0.2, 0) is 18.8 Å². The van der Waals surface area contributed by atoms with Crippen molar-refractivity contribution in [2.75, 3.05) is 6.61 Å². The van der Waals surface area contributed by atoms with Gasteiger partial charge in [0, 0.05) is 6.42 Å². The van der Waals surface area contributed by atoms with Gasteiger partial charge in [-0.05, 0) is 41.5 Å². The number of rotatable bonds is 5. The number of hydrogen-bond acceptors (Lipinski definition) is 8. The van der Waals surface area contributed by atoms with Gasteiger partial charge in [-0.25, -0.2) is 14.0 Å². The Morgan fingerprint density at radius 1 is 1.12 bits per heavy atom. The molecule has 0 aromatic heterocycles. The summed E-state index contributed by atoms with van der Waals surface area (Å²) in [6, 6.07) is 0. The fourth-order valence-electron chi connectivity index (χ4n) is 2.21. The average Bonchev–Trinajstić information content (AvgIpc) is 2.99. The van der Waals surface area contributed by atoms with Gasteiger partial charge in [-0.2, -0.15) is 4.90 Å². The number of aldehydes is 1. The molecule has 11 heteroatoms. The van der Waals surface area contributed by atoms with E-state index in [1.54, 1.807) is 0 Å². The Morgan fingerprint density at radius 3 is 1.85 bits per heavy atom. The monoisotopic (exact) mass is 397 g/mol. The van der Waals surface area contributed by atoms with E-state index in [9.17, 15) is 18.8 Å². The third kappa shape index (κ3) is 5.33. The summed E-state index contributed by atoms with van der Waals surface area (Å²) in [7, 11) is -2.87. The van der Waals surface area contributed by atoms with Crippen LogP contribution in [0.25, 0.3) is 0 Å². The van der Waals surface area contributed by atoms with Gasteiger partial charge in [0.2, 0.25) is 0 Å². The number of halogens is 1. The average molecular weight is 397 g/mol. The smallest absolute Gasteiger partial charge is 0.420 e. The molecule has 0 aliphatic heterocycles. The zero-order valence-electron chi connectivity index (χ0n) is 15.6. The summed E-state index contributed by atoms with van der Waals surface area (Å²) in [4.78, 5) is 54.5. The van der Waals surface area contributed by atoms with Gasteiger partial charge in [-0.1, -0.05) is 0 Å². The fraction of sp³-hybridized carbons (Fsp3) is 0.800. The highest BCUT2D eigenvalue weighted by atomic mass is 31.2. The highest BCUT2D eigenvalue weighted by Gasteiger charge is 2.77. The molecule has 0 bridgehead atoms. The Morgan fingerprint density at radius 2 is 1.54 bits per heavy atom. The van der Waals surface area contributed by atoms with Crippen LogP contribution in [0, 0.1) is 0 Å². The third-order valence-electron chi connectivity index (χ3n) is 3.36. The molecule has 0 aromatic carbocycles. The molecule has 150 valence electrons. The Kier molecular flexibility index (Phi) is 6.41. The van der Waals surface area contributed by atoms with Crippen LogP contribution in [-0.4, -0.2) is 62.2 Å². The minimum Gasteiger partial charge on any atom is -0.443 e. The lowest BCUT2D eigenvalue weighted by molar-refractivity contribution is -0.116. The predicted octanol–water partition coefficient (Wildman–Crippen LogP) is 2.44. The second-order valence-electron chi connectivity index (χ2n) is 8.01. The molecule has 0 radical (unpaired) electrons. The normalized spacial score (nSPS) is 25.6. The van der Waals surface area contributed by atoms with Gasteiger partial charge >= 0.3 is 20.8 Å². The first-order valence-electron chi connectivity index (χ1n) is 7.79. The van der Waals surface area contributed by atoms with Gasteiger partial charge in [0.05, 0.1) is 6.61 Å². The highest BCUT2D eigenvalue weighted by molar-refractivity contribution is 7.39. The lowest BCUT2D eigenvalue weighted by atomic mass is 10.1. The van der Waals surface area contributed by atoms with Crippen molar-refractivity contribution in [1.29, 1.82) is 0 Å². The number of hydrogen-bond donors (Lipinski definition) is 2. The molecule has 0 heterocycles. The second kappa shape index (κ2) is 7.34. The van der Waals surface area contributed by atoms with Crippen LogP contribution in [0.15, 0.2) is 0 Å². The van der Waals surface area contributed by atoms with Crippen LogP contribution in [0.2, 0.25) is 0 Å². The van der Waals surface area contributed by atoms with Crippen molar-refractivity contribution in [1.82, 2.24) is 4.90 Å². The molecule has 1 aliphatic carbocycles. The quantitative estimate of drug-likeness (QED) is 0.536. The minimum atomic E-state index is -2.87. The minimum absolute atomic E-state index is 0.0984. The molecule has 1 rings (SSSR count). The predicted molar refractivity (Wildman–Crippen MR) is 88.9 cm³/mol. The zero-order valence-corrected chi connectivity index (χ0v) is 16.5. The Labute approximate surface area is 152 Å². The van der Waals surface area contributed by atoms with Gasteiger partial charge in [-0.3, -0.25) is 0 Å². The largest absolute Gasteiger partial charge is 0.443 e. The van der Waals surface area contributed by atoms with E-state index in [-0.39, 0.29) is 11.2 Å². The first-order chi connectivity index (χ1) is 11.6. The Bertz CT molecular complexity index is 545. The van der Waals surface area contributed by atoms with E-state index in [0.29, 0.717) is 0 Å². The number of carbonyl (C=O) groups is 3. The summed E-state index contributed by atoms with van der Waals surface area (Å²) in [5, 5.41) is 0. The van der Waals surface area contributed by atoms with Gasteiger partial charge in [0.1, 0.15) is 17.5 Å². The van der Waals surface area contributed by atoms with Crippen LogP contribution in [0.4, 0.5) is 14.0 Å². The van der Waals surface area contributed by atoms with Crippen molar-refractivity contribution in [3.63, 3.8) is 0 Å². The summed E-state index contributed by atoms with van der Waals surface area (Å²) in [6.45, 7) is 8.33. The van der Waals surface area contributed by atoms with Crippen molar-refractivity contribution in [3.8, 4) is 0 Å².